The van der Waals surface area contributed by atoms with Gasteiger partial charge in [0.25, 0.3) is 0 Å². The van der Waals surface area contributed by atoms with E-state index < -0.39 is 0 Å². The standard InChI is InChI=1S/C14H19N3O/c1-17-12-3-2-4-13(17)6-10(5-12)14(18)11-7-15-9-16-8-11/h7-10,12-13H,2-6H2,1H3. The lowest BCUT2D eigenvalue weighted by Crippen LogP contribution is -2.51. The van der Waals surface area contributed by atoms with E-state index in [0.717, 1.165) is 12.8 Å². The second-order valence-electron chi connectivity index (χ2n) is 5.56. The van der Waals surface area contributed by atoms with Crippen LogP contribution in [-0.4, -0.2) is 39.8 Å². The number of carbonyl (C=O) groups excluding carboxylic acids is 1. The maximum absolute atomic E-state index is 12.4. The van der Waals surface area contributed by atoms with Gasteiger partial charge in [-0.3, -0.25) is 4.79 Å². The molecule has 1 aromatic heterocycles. The molecular formula is C14H19N3O. The van der Waals surface area contributed by atoms with Gasteiger partial charge in [-0.05, 0) is 32.7 Å². The molecule has 1 aromatic rings. The van der Waals surface area contributed by atoms with Crippen molar-refractivity contribution in [2.24, 2.45) is 5.92 Å². The van der Waals surface area contributed by atoms with E-state index in [2.05, 4.69) is 21.9 Å². The predicted octanol–water partition coefficient (Wildman–Crippen LogP) is 1.92. The molecule has 0 spiro atoms. The number of hydrogen-bond donors (Lipinski definition) is 0. The molecule has 0 radical (unpaired) electrons. The fourth-order valence-corrected chi connectivity index (χ4v) is 3.49. The highest BCUT2D eigenvalue weighted by Gasteiger charge is 2.38. The molecule has 3 heterocycles. The van der Waals surface area contributed by atoms with E-state index in [1.807, 2.05) is 0 Å². The third kappa shape index (κ3) is 2.05. The quantitative estimate of drug-likeness (QED) is 0.747. The van der Waals surface area contributed by atoms with Crippen molar-refractivity contribution >= 4 is 5.78 Å². The minimum atomic E-state index is 0.169. The predicted molar refractivity (Wildman–Crippen MR) is 68.3 cm³/mol. The van der Waals surface area contributed by atoms with Crippen LogP contribution in [0.25, 0.3) is 0 Å². The molecule has 2 aliphatic rings. The molecule has 0 aliphatic carbocycles. The molecule has 4 nitrogen and oxygen atoms in total. The summed E-state index contributed by atoms with van der Waals surface area (Å²) in [5.41, 5.74) is 0.671. The van der Waals surface area contributed by atoms with Crippen molar-refractivity contribution in [1.82, 2.24) is 14.9 Å². The summed E-state index contributed by atoms with van der Waals surface area (Å²) < 4.78 is 0. The summed E-state index contributed by atoms with van der Waals surface area (Å²) in [7, 11) is 2.21. The maximum atomic E-state index is 12.4. The number of piperidine rings is 2. The van der Waals surface area contributed by atoms with Crippen LogP contribution in [0.5, 0.6) is 0 Å². The van der Waals surface area contributed by atoms with Crippen LogP contribution in [0.4, 0.5) is 0 Å². The van der Waals surface area contributed by atoms with Crippen LogP contribution in [0.2, 0.25) is 0 Å². The number of fused-ring (bicyclic) bond motifs is 2. The highest BCUT2D eigenvalue weighted by Crippen LogP contribution is 2.36. The van der Waals surface area contributed by atoms with Gasteiger partial charge in [0, 0.05) is 30.4 Å². The molecule has 0 N–H and O–H groups in total. The molecule has 96 valence electrons. The van der Waals surface area contributed by atoms with Crippen LogP contribution >= 0.6 is 0 Å². The highest BCUT2D eigenvalue weighted by atomic mass is 16.1. The number of ketones is 1. The van der Waals surface area contributed by atoms with Crippen molar-refractivity contribution in [1.29, 1.82) is 0 Å². The Morgan fingerprint density at radius 2 is 1.83 bits per heavy atom. The van der Waals surface area contributed by atoms with Gasteiger partial charge in [0.15, 0.2) is 5.78 Å². The molecule has 2 aliphatic heterocycles. The Bertz CT molecular complexity index is 420. The minimum Gasteiger partial charge on any atom is -0.300 e. The van der Waals surface area contributed by atoms with Gasteiger partial charge in [-0.25, -0.2) is 9.97 Å². The smallest absolute Gasteiger partial charge is 0.169 e. The second kappa shape index (κ2) is 4.76. The van der Waals surface area contributed by atoms with Gasteiger partial charge in [-0.2, -0.15) is 0 Å². The zero-order chi connectivity index (χ0) is 12.5. The van der Waals surface area contributed by atoms with Gasteiger partial charge in [0.05, 0.1) is 5.56 Å². The van der Waals surface area contributed by atoms with Crippen LogP contribution in [0.1, 0.15) is 42.5 Å². The molecule has 3 rings (SSSR count). The Hall–Kier alpha value is -1.29. The maximum Gasteiger partial charge on any atom is 0.169 e. The lowest BCUT2D eigenvalue weighted by molar-refractivity contribution is 0.0338. The molecule has 4 heteroatoms. The van der Waals surface area contributed by atoms with Crippen molar-refractivity contribution in [3.63, 3.8) is 0 Å². The number of nitrogens with zero attached hydrogens (tertiary/aromatic N) is 3. The lowest BCUT2D eigenvalue weighted by atomic mass is 9.76. The van der Waals surface area contributed by atoms with Crippen LogP contribution in [0.15, 0.2) is 18.7 Å². The Balaban J connectivity index is 1.76. The summed E-state index contributed by atoms with van der Waals surface area (Å²) in [5.74, 6) is 0.406. The molecular weight excluding hydrogens is 226 g/mol. The van der Waals surface area contributed by atoms with E-state index >= 15 is 0 Å². The molecule has 18 heavy (non-hydrogen) atoms. The zero-order valence-electron chi connectivity index (χ0n) is 10.7. The summed E-state index contributed by atoms with van der Waals surface area (Å²) >= 11 is 0. The molecule has 2 atom stereocenters. The third-order valence-electron chi connectivity index (χ3n) is 4.56. The molecule has 0 aromatic carbocycles. The first-order valence-electron chi connectivity index (χ1n) is 6.77. The van der Waals surface area contributed by atoms with Crippen LogP contribution in [0, 0.1) is 5.92 Å². The zero-order valence-corrected chi connectivity index (χ0v) is 10.7. The number of hydrogen-bond acceptors (Lipinski definition) is 4. The number of Topliss-reactive ketones (excluding diaryl/α,β-unsaturated/α-hetero) is 1. The van der Waals surface area contributed by atoms with Crippen LogP contribution in [-0.2, 0) is 0 Å². The summed E-state index contributed by atoms with van der Waals surface area (Å²) in [6.45, 7) is 0. The van der Waals surface area contributed by atoms with E-state index in [4.69, 9.17) is 0 Å². The lowest BCUT2D eigenvalue weighted by Gasteiger charge is -2.46. The molecule has 0 amide bonds. The SMILES string of the molecule is CN1C2CCCC1CC(C(=O)c1cncnc1)C2. The Morgan fingerprint density at radius 3 is 2.44 bits per heavy atom. The third-order valence-corrected chi connectivity index (χ3v) is 4.56. The van der Waals surface area contributed by atoms with Crippen LogP contribution < -0.4 is 0 Å². The van der Waals surface area contributed by atoms with E-state index in [9.17, 15) is 4.79 Å². The van der Waals surface area contributed by atoms with Crippen molar-refractivity contribution in [3.05, 3.63) is 24.3 Å². The van der Waals surface area contributed by atoms with Gasteiger partial charge in [-0.1, -0.05) is 6.42 Å². The highest BCUT2D eigenvalue weighted by molar-refractivity contribution is 5.97. The number of carbonyl (C=O) groups is 1. The number of rotatable bonds is 2. The molecule has 2 saturated heterocycles. The summed E-state index contributed by atoms with van der Waals surface area (Å²) in [6, 6.07) is 1.19. The average molecular weight is 245 g/mol. The molecule has 2 fully saturated rings. The van der Waals surface area contributed by atoms with E-state index in [-0.39, 0.29) is 11.7 Å². The summed E-state index contributed by atoms with van der Waals surface area (Å²) in [4.78, 5) is 22.8. The second-order valence-corrected chi connectivity index (χ2v) is 5.56. The summed E-state index contributed by atoms with van der Waals surface area (Å²) in [5, 5.41) is 0. The molecule has 2 bridgehead atoms. The molecule has 0 saturated carbocycles. The Labute approximate surface area is 107 Å². The minimum absolute atomic E-state index is 0.169. The van der Waals surface area contributed by atoms with Gasteiger partial charge in [0.1, 0.15) is 6.33 Å². The topological polar surface area (TPSA) is 46.1 Å². The van der Waals surface area contributed by atoms with Crippen molar-refractivity contribution in [2.75, 3.05) is 7.05 Å². The van der Waals surface area contributed by atoms with Crippen molar-refractivity contribution < 1.29 is 4.79 Å². The van der Waals surface area contributed by atoms with Gasteiger partial charge in [-0.15, -0.1) is 0 Å². The fourth-order valence-electron chi connectivity index (χ4n) is 3.49. The monoisotopic (exact) mass is 245 g/mol. The fraction of sp³-hybridized carbons (Fsp3) is 0.643. The normalized spacial score (nSPS) is 32.2. The van der Waals surface area contributed by atoms with Crippen LogP contribution in [0.3, 0.4) is 0 Å². The van der Waals surface area contributed by atoms with Gasteiger partial charge in [0.2, 0.25) is 0 Å². The van der Waals surface area contributed by atoms with Crippen molar-refractivity contribution in [2.45, 2.75) is 44.2 Å². The van der Waals surface area contributed by atoms with E-state index in [0.29, 0.717) is 17.6 Å². The first kappa shape index (κ1) is 11.8. The average Bonchev–Trinajstić information content (AvgIpc) is 2.38. The van der Waals surface area contributed by atoms with Gasteiger partial charge < -0.3 is 4.90 Å². The van der Waals surface area contributed by atoms with Crippen molar-refractivity contribution in [3.8, 4) is 0 Å². The number of aromatic nitrogens is 2. The first-order chi connectivity index (χ1) is 8.75. The Kier molecular flexibility index (Phi) is 3.12. The van der Waals surface area contributed by atoms with E-state index in [1.165, 1.54) is 25.6 Å². The summed E-state index contributed by atoms with van der Waals surface area (Å²) in [6.07, 6.45) is 10.5. The molecule has 2 unspecified atom stereocenters. The van der Waals surface area contributed by atoms with Gasteiger partial charge >= 0.3 is 0 Å². The Morgan fingerprint density at radius 1 is 1.22 bits per heavy atom. The largest absolute Gasteiger partial charge is 0.300 e. The first-order valence-corrected chi connectivity index (χ1v) is 6.77. The van der Waals surface area contributed by atoms with E-state index in [1.54, 1.807) is 12.4 Å².